The number of ether oxygens (including phenoxy) is 2. The first-order chi connectivity index (χ1) is 9.08. The first-order valence-electron chi connectivity index (χ1n) is 6.21. The molecule has 1 heterocycles. The molecule has 0 unspecified atom stereocenters. The zero-order valence-electron chi connectivity index (χ0n) is 10.9. The summed E-state index contributed by atoms with van der Waals surface area (Å²) in [5, 5.41) is 0. The lowest BCUT2D eigenvalue weighted by atomic mass is 9.95. The van der Waals surface area contributed by atoms with Gasteiger partial charge in [-0.3, -0.25) is 9.59 Å². The van der Waals surface area contributed by atoms with Crippen molar-refractivity contribution >= 4 is 17.6 Å². The van der Waals surface area contributed by atoms with Gasteiger partial charge in [0.15, 0.2) is 6.61 Å². The van der Waals surface area contributed by atoms with E-state index >= 15 is 0 Å². The normalized spacial score (nSPS) is 19.5. The van der Waals surface area contributed by atoms with E-state index in [1.807, 2.05) is 18.2 Å². The number of hydrogen-bond acceptors (Lipinski definition) is 4. The number of methoxy groups -OCH3 is 1. The lowest BCUT2D eigenvalue weighted by Gasteiger charge is -2.27. The van der Waals surface area contributed by atoms with Crippen LogP contribution in [0.15, 0.2) is 18.2 Å². The summed E-state index contributed by atoms with van der Waals surface area (Å²) in [5.41, 5.74) is 1.13. The summed E-state index contributed by atoms with van der Waals surface area (Å²) in [6.07, 6.45) is 1.60. The van der Waals surface area contributed by atoms with Crippen LogP contribution < -0.4 is 9.64 Å². The van der Waals surface area contributed by atoms with Gasteiger partial charge in [0.05, 0.1) is 18.2 Å². The number of hydrogen-bond donors (Lipinski definition) is 0. The molecule has 19 heavy (non-hydrogen) atoms. The van der Waals surface area contributed by atoms with Gasteiger partial charge in [-0.1, -0.05) is 6.07 Å². The summed E-state index contributed by atoms with van der Waals surface area (Å²) >= 11 is 0. The van der Waals surface area contributed by atoms with E-state index in [-0.39, 0.29) is 18.5 Å². The monoisotopic (exact) mass is 261 g/mol. The fraction of sp³-hybridized carbons (Fsp3) is 0.429. The van der Waals surface area contributed by atoms with E-state index in [4.69, 9.17) is 9.47 Å². The number of benzene rings is 1. The molecule has 0 spiro atoms. The Morgan fingerprint density at radius 3 is 2.79 bits per heavy atom. The summed E-state index contributed by atoms with van der Waals surface area (Å²) in [7, 11) is 3.13. The van der Waals surface area contributed by atoms with Crippen molar-refractivity contribution in [3.8, 4) is 5.75 Å². The molecular weight excluding hydrogens is 246 g/mol. The van der Waals surface area contributed by atoms with E-state index in [2.05, 4.69) is 0 Å². The predicted octanol–water partition coefficient (Wildman–Crippen LogP) is 1.25. The summed E-state index contributed by atoms with van der Waals surface area (Å²) < 4.78 is 10.3. The van der Waals surface area contributed by atoms with Gasteiger partial charge in [0.25, 0.3) is 5.91 Å². The average molecular weight is 261 g/mol. The summed E-state index contributed by atoms with van der Waals surface area (Å²) in [6.45, 7) is 0.0399. The second-order valence-electron chi connectivity index (χ2n) is 5.00. The van der Waals surface area contributed by atoms with E-state index in [1.165, 1.54) is 7.11 Å². The third-order valence-electron chi connectivity index (χ3n) is 3.93. The number of carbonyl (C=O) groups excluding carboxylic acids is 2. The van der Waals surface area contributed by atoms with Crippen LogP contribution in [0.4, 0.5) is 5.69 Å². The minimum atomic E-state index is -0.507. The Balaban J connectivity index is 1.99. The Morgan fingerprint density at radius 1 is 1.42 bits per heavy atom. The van der Waals surface area contributed by atoms with Crippen LogP contribution in [-0.2, 0) is 19.7 Å². The highest BCUT2D eigenvalue weighted by atomic mass is 16.5. The number of rotatable bonds is 2. The third-order valence-corrected chi connectivity index (χ3v) is 3.93. The molecule has 0 atom stereocenters. The van der Waals surface area contributed by atoms with Crippen molar-refractivity contribution < 1.29 is 19.1 Å². The lowest BCUT2D eigenvalue weighted by molar-refractivity contribution is -0.143. The van der Waals surface area contributed by atoms with Crippen LogP contribution in [0.25, 0.3) is 0 Å². The molecule has 1 aliphatic carbocycles. The van der Waals surface area contributed by atoms with Crippen molar-refractivity contribution in [2.45, 2.75) is 18.3 Å². The predicted molar refractivity (Wildman–Crippen MR) is 68.3 cm³/mol. The Hall–Kier alpha value is -2.04. The standard InChI is InChI=1S/C14H15NO4/c1-15-10-4-3-9(7-11(10)19-8-12(15)16)14(5-6-14)13(17)18-2/h3-4,7H,5-6,8H2,1-2H3. The molecule has 5 heteroatoms. The first kappa shape index (κ1) is 12.0. The van der Waals surface area contributed by atoms with Crippen molar-refractivity contribution in [2.75, 3.05) is 25.7 Å². The van der Waals surface area contributed by atoms with Crippen molar-refractivity contribution in [1.82, 2.24) is 0 Å². The van der Waals surface area contributed by atoms with Crippen molar-refractivity contribution in [3.05, 3.63) is 23.8 Å². The molecule has 0 aromatic heterocycles. The Bertz CT molecular complexity index is 563. The maximum Gasteiger partial charge on any atom is 0.316 e. The molecule has 3 rings (SSSR count). The number of nitrogens with zero attached hydrogens (tertiary/aromatic N) is 1. The highest BCUT2D eigenvalue weighted by molar-refractivity contribution is 5.97. The fourth-order valence-corrected chi connectivity index (χ4v) is 2.51. The van der Waals surface area contributed by atoms with E-state index in [1.54, 1.807) is 11.9 Å². The molecule has 1 aliphatic heterocycles. The molecular formula is C14H15NO4. The van der Waals surface area contributed by atoms with Crippen LogP contribution in [0.3, 0.4) is 0 Å². The Labute approximate surface area is 111 Å². The summed E-state index contributed by atoms with van der Waals surface area (Å²) in [4.78, 5) is 25.0. The topological polar surface area (TPSA) is 55.8 Å². The SMILES string of the molecule is COC(=O)C1(c2ccc3c(c2)OCC(=O)N3C)CC1. The molecule has 1 saturated carbocycles. The number of anilines is 1. The summed E-state index contributed by atoms with van der Waals surface area (Å²) in [5.74, 6) is 0.372. The van der Waals surface area contributed by atoms with Gasteiger partial charge in [-0.2, -0.15) is 0 Å². The van der Waals surface area contributed by atoms with Crippen LogP contribution >= 0.6 is 0 Å². The second-order valence-corrected chi connectivity index (χ2v) is 5.00. The van der Waals surface area contributed by atoms with E-state index < -0.39 is 5.41 Å². The minimum absolute atomic E-state index is 0.0399. The Morgan fingerprint density at radius 2 is 2.16 bits per heavy atom. The highest BCUT2D eigenvalue weighted by Gasteiger charge is 2.52. The molecule has 1 aromatic carbocycles. The molecule has 1 fully saturated rings. The van der Waals surface area contributed by atoms with Crippen LogP contribution in [-0.4, -0.2) is 32.6 Å². The van der Waals surface area contributed by atoms with E-state index in [9.17, 15) is 9.59 Å². The van der Waals surface area contributed by atoms with Gasteiger partial charge in [0.1, 0.15) is 5.75 Å². The van der Waals surface area contributed by atoms with Crippen LogP contribution in [0.5, 0.6) is 5.75 Å². The van der Waals surface area contributed by atoms with Gasteiger partial charge in [-0.25, -0.2) is 0 Å². The van der Waals surface area contributed by atoms with Gasteiger partial charge in [0.2, 0.25) is 0 Å². The zero-order valence-corrected chi connectivity index (χ0v) is 10.9. The molecule has 0 bridgehead atoms. The van der Waals surface area contributed by atoms with Crippen molar-refractivity contribution in [2.24, 2.45) is 0 Å². The smallest absolute Gasteiger partial charge is 0.316 e. The molecule has 100 valence electrons. The van der Waals surface area contributed by atoms with Gasteiger partial charge in [0, 0.05) is 7.05 Å². The lowest BCUT2D eigenvalue weighted by Crippen LogP contribution is -2.35. The molecule has 0 N–H and O–H groups in total. The number of amides is 1. The maximum atomic E-state index is 11.9. The van der Waals surface area contributed by atoms with Crippen LogP contribution in [0.2, 0.25) is 0 Å². The fourth-order valence-electron chi connectivity index (χ4n) is 2.51. The third kappa shape index (κ3) is 1.69. The maximum absolute atomic E-state index is 11.9. The zero-order chi connectivity index (χ0) is 13.6. The first-order valence-corrected chi connectivity index (χ1v) is 6.21. The molecule has 1 aromatic rings. The molecule has 2 aliphatic rings. The number of esters is 1. The molecule has 1 amide bonds. The summed E-state index contributed by atoms with van der Waals surface area (Å²) in [6, 6.07) is 5.55. The minimum Gasteiger partial charge on any atom is -0.482 e. The molecule has 0 saturated heterocycles. The Kier molecular flexibility index (Phi) is 2.52. The number of likely N-dealkylation sites (N-methyl/N-ethyl adjacent to an activating group) is 1. The van der Waals surface area contributed by atoms with Crippen LogP contribution in [0, 0.1) is 0 Å². The van der Waals surface area contributed by atoms with E-state index in [0.717, 1.165) is 24.1 Å². The molecule has 5 nitrogen and oxygen atoms in total. The van der Waals surface area contributed by atoms with Gasteiger partial charge >= 0.3 is 5.97 Å². The highest BCUT2D eigenvalue weighted by Crippen LogP contribution is 2.50. The van der Waals surface area contributed by atoms with Gasteiger partial charge in [-0.15, -0.1) is 0 Å². The molecule has 0 radical (unpaired) electrons. The van der Waals surface area contributed by atoms with Crippen LogP contribution in [0.1, 0.15) is 18.4 Å². The van der Waals surface area contributed by atoms with Crippen molar-refractivity contribution in [3.63, 3.8) is 0 Å². The van der Waals surface area contributed by atoms with Gasteiger partial charge < -0.3 is 14.4 Å². The number of fused-ring (bicyclic) bond motifs is 1. The van der Waals surface area contributed by atoms with Crippen molar-refractivity contribution in [1.29, 1.82) is 0 Å². The average Bonchev–Trinajstić information content (AvgIpc) is 3.23. The van der Waals surface area contributed by atoms with E-state index in [0.29, 0.717) is 5.75 Å². The number of carbonyl (C=O) groups is 2. The van der Waals surface area contributed by atoms with Gasteiger partial charge in [-0.05, 0) is 30.5 Å². The largest absolute Gasteiger partial charge is 0.482 e. The second kappa shape index (κ2) is 3.98. The quantitative estimate of drug-likeness (QED) is 0.752.